The minimum atomic E-state index is -0.787. The van der Waals surface area contributed by atoms with Gasteiger partial charge in [0, 0.05) is 19.3 Å². The molecule has 0 aromatic heterocycles. The second kappa shape index (κ2) is 67.6. The highest BCUT2D eigenvalue weighted by atomic mass is 16.6. The van der Waals surface area contributed by atoms with Crippen LogP contribution in [0.3, 0.4) is 0 Å². The molecule has 0 saturated carbocycles. The fraction of sp³-hybridized carbons (Fsp3) is 0.822. The van der Waals surface area contributed by atoms with Crippen molar-refractivity contribution in [1.29, 1.82) is 0 Å². The standard InChI is InChI=1S/C73H132O6/c1-4-7-10-13-16-19-22-25-28-30-31-32-33-34-35-36-37-38-39-40-41-42-43-44-46-48-51-54-57-60-63-66-72(75)78-69-70(68-77-71(74)65-62-59-56-53-50-47-27-24-21-18-15-12-9-6-3)79-73(76)67-64-61-58-55-52-49-45-29-26-23-20-17-14-11-8-5-2/h15,18,20,23-24,27,29-31,45,70H,4-14,16-17,19,21-22,25-26,28,32-44,46-69H2,1-3H3/b18-15-,23-20-,27-24-,31-30-,45-29-. The third-order valence-corrected chi connectivity index (χ3v) is 15.5. The SMILES string of the molecule is CCCC/C=C\C/C=C\CCCCCCCC(=O)OCC(COC(=O)CCCCCCCCCCCCCCCCCCCCC/C=C\CCCCCCCCCC)OC(=O)CCCCCCC/C=C\C/C=C\CCCCCC. The Kier molecular flexibility index (Phi) is 65.1. The van der Waals surface area contributed by atoms with E-state index in [9.17, 15) is 14.4 Å². The van der Waals surface area contributed by atoms with Crippen molar-refractivity contribution in [3.8, 4) is 0 Å². The molecule has 0 amide bonds. The first-order valence-corrected chi connectivity index (χ1v) is 34.8. The van der Waals surface area contributed by atoms with Gasteiger partial charge in [0.05, 0.1) is 0 Å². The molecule has 79 heavy (non-hydrogen) atoms. The number of rotatable bonds is 64. The molecule has 0 aliphatic rings. The van der Waals surface area contributed by atoms with Crippen LogP contribution in [0.5, 0.6) is 0 Å². The third kappa shape index (κ3) is 65.8. The molecule has 0 aromatic rings. The molecule has 1 atom stereocenters. The highest BCUT2D eigenvalue weighted by Gasteiger charge is 2.19. The van der Waals surface area contributed by atoms with Gasteiger partial charge in [0.1, 0.15) is 13.2 Å². The number of hydrogen-bond acceptors (Lipinski definition) is 6. The van der Waals surface area contributed by atoms with E-state index in [1.807, 2.05) is 0 Å². The molecule has 0 rings (SSSR count). The van der Waals surface area contributed by atoms with Crippen molar-refractivity contribution in [3.05, 3.63) is 60.8 Å². The van der Waals surface area contributed by atoms with Crippen LogP contribution in [0, 0.1) is 0 Å². The van der Waals surface area contributed by atoms with Crippen molar-refractivity contribution >= 4 is 17.9 Å². The summed E-state index contributed by atoms with van der Waals surface area (Å²) in [5.41, 5.74) is 0. The van der Waals surface area contributed by atoms with Crippen molar-refractivity contribution < 1.29 is 28.6 Å². The van der Waals surface area contributed by atoms with Crippen molar-refractivity contribution in [2.45, 2.75) is 374 Å². The largest absolute Gasteiger partial charge is 0.462 e. The number of ether oxygens (including phenoxy) is 3. The Labute approximate surface area is 491 Å². The average molecular weight is 1110 g/mol. The lowest BCUT2D eigenvalue weighted by molar-refractivity contribution is -0.167. The van der Waals surface area contributed by atoms with E-state index in [-0.39, 0.29) is 31.1 Å². The lowest BCUT2D eigenvalue weighted by Gasteiger charge is -2.18. The Morgan fingerprint density at radius 3 is 0.759 bits per heavy atom. The van der Waals surface area contributed by atoms with E-state index < -0.39 is 6.10 Å². The summed E-state index contributed by atoms with van der Waals surface area (Å²) in [5.74, 6) is -0.891. The van der Waals surface area contributed by atoms with E-state index in [0.29, 0.717) is 19.3 Å². The van der Waals surface area contributed by atoms with Gasteiger partial charge in [0.2, 0.25) is 0 Å². The van der Waals surface area contributed by atoms with E-state index >= 15 is 0 Å². The maximum atomic E-state index is 12.9. The zero-order valence-electron chi connectivity index (χ0n) is 52.9. The Morgan fingerprint density at radius 2 is 0.468 bits per heavy atom. The number of unbranched alkanes of at least 4 members (excludes halogenated alkanes) is 43. The van der Waals surface area contributed by atoms with Gasteiger partial charge in [-0.2, -0.15) is 0 Å². The topological polar surface area (TPSA) is 78.9 Å². The van der Waals surface area contributed by atoms with Gasteiger partial charge in [0.25, 0.3) is 0 Å². The summed E-state index contributed by atoms with van der Waals surface area (Å²) in [4.78, 5) is 38.3. The van der Waals surface area contributed by atoms with Crippen molar-refractivity contribution in [1.82, 2.24) is 0 Å². The van der Waals surface area contributed by atoms with Crippen LogP contribution in [0.4, 0.5) is 0 Å². The lowest BCUT2D eigenvalue weighted by Crippen LogP contribution is -2.30. The van der Waals surface area contributed by atoms with Crippen molar-refractivity contribution in [2.24, 2.45) is 0 Å². The van der Waals surface area contributed by atoms with Gasteiger partial charge in [-0.3, -0.25) is 14.4 Å². The van der Waals surface area contributed by atoms with Crippen LogP contribution in [-0.4, -0.2) is 37.2 Å². The number of carbonyl (C=O) groups is 3. The van der Waals surface area contributed by atoms with Gasteiger partial charge in [0.15, 0.2) is 6.10 Å². The molecule has 6 nitrogen and oxygen atoms in total. The monoisotopic (exact) mass is 1110 g/mol. The Morgan fingerprint density at radius 1 is 0.253 bits per heavy atom. The molecule has 0 radical (unpaired) electrons. The smallest absolute Gasteiger partial charge is 0.306 e. The Balaban J connectivity index is 4.18. The highest BCUT2D eigenvalue weighted by Crippen LogP contribution is 2.18. The van der Waals surface area contributed by atoms with Gasteiger partial charge in [-0.05, 0) is 103 Å². The van der Waals surface area contributed by atoms with Gasteiger partial charge in [-0.15, -0.1) is 0 Å². The van der Waals surface area contributed by atoms with E-state index in [2.05, 4.69) is 81.5 Å². The van der Waals surface area contributed by atoms with Crippen molar-refractivity contribution in [3.63, 3.8) is 0 Å². The number of esters is 3. The predicted molar refractivity (Wildman–Crippen MR) is 344 cm³/mol. The van der Waals surface area contributed by atoms with E-state index in [4.69, 9.17) is 14.2 Å². The Bertz CT molecular complexity index is 1410. The second-order valence-electron chi connectivity index (χ2n) is 23.4. The lowest BCUT2D eigenvalue weighted by atomic mass is 10.0. The van der Waals surface area contributed by atoms with Crippen LogP contribution in [0.15, 0.2) is 60.8 Å². The van der Waals surface area contributed by atoms with Gasteiger partial charge < -0.3 is 14.2 Å². The molecule has 0 heterocycles. The molecule has 0 N–H and O–H groups in total. The predicted octanol–water partition coefficient (Wildman–Crippen LogP) is 23.9. The van der Waals surface area contributed by atoms with Gasteiger partial charge in [-0.1, -0.05) is 306 Å². The minimum Gasteiger partial charge on any atom is -0.462 e. The summed E-state index contributed by atoms with van der Waals surface area (Å²) < 4.78 is 16.9. The summed E-state index contributed by atoms with van der Waals surface area (Å²) in [6, 6.07) is 0. The minimum absolute atomic E-state index is 0.0816. The zero-order valence-corrected chi connectivity index (χ0v) is 52.9. The zero-order chi connectivity index (χ0) is 57.1. The molecule has 0 aliphatic carbocycles. The highest BCUT2D eigenvalue weighted by molar-refractivity contribution is 5.71. The molecule has 0 spiro atoms. The number of allylic oxidation sites excluding steroid dienone is 10. The number of hydrogen-bond donors (Lipinski definition) is 0. The molecule has 6 heteroatoms. The van der Waals surface area contributed by atoms with Crippen LogP contribution in [0.1, 0.15) is 367 Å². The molecule has 0 fully saturated rings. The van der Waals surface area contributed by atoms with Crippen LogP contribution >= 0.6 is 0 Å². The average Bonchev–Trinajstić information content (AvgIpc) is 3.45. The molecular weight excluding hydrogens is 973 g/mol. The summed E-state index contributed by atoms with van der Waals surface area (Å²) >= 11 is 0. The maximum Gasteiger partial charge on any atom is 0.306 e. The summed E-state index contributed by atoms with van der Waals surface area (Å²) in [7, 11) is 0. The quantitative estimate of drug-likeness (QED) is 0.0261. The van der Waals surface area contributed by atoms with Crippen LogP contribution in [0.25, 0.3) is 0 Å². The van der Waals surface area contributed by atoms with Gasteiger partial charge in [-0.25, -0.2) is 0 Å². The van der Waals surface area contributed by atoms with Gasteiger partial charge >= 0.3 is 17.9 Å². The molecule has 0 bridgehead atoms. The second-order valence-corrected chi connectivity index (χ2v) is 23.4. The number of carbonyl (C=O) groups excluding carboxylic acids is 3. The summed E-state index contributed by atoms with van der Waals surface area (Å²) in [6.45, 7) is 6.61. The Hall–Kier alpha value is -2.89. The fourth-order valence-electron chi connectivity index (χ4n) is 10.2. The molecule has 460 valence electrons. The van der Waals surface area contributed by atoms with E-state index in [1.165, 1.54) is 225 Å². The molecule has 0 saturated heterocycles. The molecule has 0 aliphatic heterocycles. The molecule has 0 aromatic carbocycles. The van der Waals surface area contributed by atoms with E-state index in [0.717, 1.165) is 103 Å². The normalized spacial score (nSPS) is 12.4. The maximum absolute atomic E-state index is 12.9. The van der Waals surface area contributed by atoms with Crippen molar-refractivity contribution in [2.75, 3.05) is 13.2 Å². The first kappa shape index (κ1) is 76.1. The summed E-state index contributed by atoms with van der Waals surface area (Å²) in [6.07, 6.45) is 86.9. The first-order chi connectivity index (χ1) is 39.0. The molecule has 1 unspecified atom stereocenters. The fourth-order valence-corrected chi connectivity index (χ4v) is 10.2. The third-order valence-electron chi connectivity index (χ3n) is 15.5. The molecular formula is C73H132O6. The first-order valence-electron chi connectivity index (χ1n) is 34.8. The summed E-state index contributed by atoms with van der Waals surface area (Å²) in [5, 5.41) is 0. The van der Waals surface area contributed by atoms with Crippen LogP contribution in [0.2, 0.25) is 0 Å². The van der Waals surface area contributed by atoms with Crippen LogP contribution in [-0.2, 0) is 28.6 Å². The van der Waals surface area contributed by atoms with E-state index in [1.54, 1.807) is 0 Å². The van der Waals surface area contributed by atoms with Crippen LogP contribution < -0.4 is 0 Å².